The van der Waals surface area contributed by atoms with Gasteiger partial charge in [0.1, 0.15) is 0 Å². The lowest BCUT2D eigenvalue weighted by Crippen LogP contribution is -2.03. The van der Waals surface area contributed by atoms with E-state index in [-0.39, 0.29) is 5.97 Å². The molecule has 2 N–H and O–H groups in total. The van der Waals surface area contributed by atoms with Crippen molar-refractivity contribution < 1.29 is 20.0 Å². The summed E-state index contributed by atoms with van der Waals surface area (Å²) in [6.07, 6.45) is 22.0. The number of carbonyl (C=O) groups excluding carboxylic acids is 1. The summed E-state index contributed by atoms with van der Waals surface area (Å²) < 4.78 is 4.91. The lowest BCUT2D eigenvalue weighted by molar-refractivity contribution is -0.176. The Morgan fingerprint density at radius 1 is 0.750 bits per heavy atom. The normalized spacial score (nSPS) is 10.5. The van der Waals surface area contributed by atoms with Gasteiger partial charge in [-0.1, -0.05) is 70.4 Å². The van der Waals surface area contributed by atoms with Gasteiger partial charge in [0.05, 0.1) is 6.61 Å². The molecule has 0 aliphatic rings. The van der Waals surface area contributed by atoms with Crippen LogP contribution in [-0.2, 0) is 9.53 Å². The molecule has 0 amide bonds. The van der Waals surface area contributed by atoms with E-state index in [1.54, 1.807) is 0 Å². The maximum atomic E-state index is 11.1. The van der Waals surface area contributed by atoms with Crippen LogP contribution in [0.4, 0.5) is 0 Å². The van der Waals surface area contributed by atoms with Gasteiger partial charge in [-0.25, -0.2) is 0 Å². The first-order valence-corrected chi connectivity index (χ1v) is 9.81. The van der Waals surface area contributed by atoms with Gasteiger partial charge in [-0.3, -0.25) is 15.3 Å². The molecule has 0 bridgehead atoms. The lowest BCUT2D eigenvalue weighted by Gasteiger charge is -2.01. The quantitative estimate of drug-likeness (QED) is 0.109. The van der Waals surface area contributed by atoms with Crippen LogP contribution in [0.25, 0.3) is 0 Å². The van der Waals surface area contributed by atoms with Gasteiger partial charge in [0, 0.05) is 6.42 Å². The summed E-state index contributed by atoms with van der Waals surface area (Å²) >= 11 is 0. The van der Waals surface area contributed by atoms with Crippen molar-refractivity contribution in [3.05, 3.63) is 12.2 Å². The van der Waals surface area contributed by atoms with Crippen molar-refractivity contribution >= 4 is 5.97 Å². The zero-order chi connectivity index (χ0) is 18.3. The maximum Gasteiger partial charge on any atom is 0.305 e. The first kappa shape index (κ1) is 25.4. The predicted octanol–water partition coefficient (Wildman–Crippen LogP) is 6.60. The predicted molar refractivity (Wildman–Crippen MR) is 101 cm³/mol. The third-order valence-corrected chi connectivity index (χ3v) is 3.95. The fourth-order valence-electron chi connectivity index (χ4n) is 2.57. The van der Waals surface area contributed by atoms with Gasteiger partial charge in [0.2, 0.25) is 0 Å². The second-order valence-electron chi connectivity index (χ2n) is 6.14. The van der Waals surface area contributed by atoms with Crippen LogP contribution in [0.1, 0.15) is 104 Å². The molecule has 0 spiro atoms. The van der Waals surface area contributed by atoms with Gasteiger partial charge in [0.25, 0.3) is 0 Å². The Labute approximate surface area is 149 Å². The molecule has 0 aliphatic heterocycles. The van der Waals surface area contributed by atoms with E-state index in [2.05, 4.69) is 19.1 Å². The molecule has 0 aromatic carbocycles. The Bertz CT molecular complexity index is 264. The number of hydrogen-bond acceptors (Lipinski definition) is 4. The van der Waals surface area contributed by atoms with Gasteiger partial charge in [0.15, 0.2) is 0 Å². The molecule has 0 unspecified atom stereocenters. The summed E-state index contributed by atoms with van der Waals surface area (Å²) in [7, 11) is 0. The van der Waals surface area contributed by atoms with E-state index < -0.39 is 0 Å². The first-order chi connectivity index (χ1) is 11.8. The van der Waals surface area contributed by atoms with Crippen molar-refractivity contribution in [2.45, 2.75) is 104 Å². The molecule has 0 aliphatic carbocycles. The van der Waals surface area contributed by atoms with E-state index >= 15 is 0 Å². The molecular weight excluding hydrogens is 304 g/mol. The molecule has 0 rings (SSSR count). The van der Waals surface area contributed by atoms with Crippen LogP contribution in [0.3, 0.4) is 0 Å². The van der Waals surface area contributed by atoms with Gasteiger partial charge in [-0.05, 0) is 39.0 Å². The molecular formula is C20H40O4. The van der Waals surface area contributed by atoms with Crippen molar-refractivity contribution in [3.63, 3.8) is 0 Å². The zero-order valence-corrected chi connectivity index (χ0v) is 16.0. The third kappa shape index (κ3) is 23.4. The number of allylic oxidation sites excluding steroid dienone is 2. The molecule has 4 heteroatoms. The molecule has 0 aromatic rings. The van der Waals surface area contributed by atoms with Gasteiger partial charge >= 0.3 is 5.97 Å². The molecule has 0 atom stereocenters. The Kier molecular flexibility index (Phi) is 25.8. The average Bonchev–Trinajstić information content (AvgIpc) is 2.60. The summed E-state index contributed by atoms with van der Waals surface area (Å²) in [5.74, 6) is -0.0415. The summed E-state index contributed by atoms with van der Waals surface area (Å²) in [6.45, 7) is 4.63. The summed E-state index contributed by atoms with van der Waals surface area (Å²) in [6, 6.07) is 0. The summed E-state index contributed by atoms with van der Waals surface area (Å²) in [5, 5.41) is 12.0. The minimum Gasteiger partial charge on any atom is -0.466 e. The van der Waals surface area contributed by atoms with Crippen LogP contribution in [0, 0.1) is 0 Å². The SMILES string of the molecule is CCCCCCCC/C=C\CCCCCCCC(=O)OCC.OO. The average molecular weight is 345 g/mol. The molecule has 0 aromatic heterocycles. The van der Waals surface area contributed by atoms with Crippen LogP contribution in [0.15, 0.2) is 12.2 Å². The van der Waals surface area contributed by atoms with Gasteiger partial charge in [-0.15, -0.1) is 0 Å². The smallest absolute Gasteiger partial charge is 0.305 e. The Morgan fingerprint density at radius 3 is 1.71 bits per heavy atom. The standard InChI is InChI=1S/C20H38O2.H2O2/c1-3-5-6-7-8-9-10-11-12-13-14-15-16-17-18-19-20(21)22-4-2;1-2/h11-12H,3-10,13-19H2,1-2H3;1-2H/b12-11-;. The number of carbonyl (C=O) groups is 1. The highest BCUT2D eigenvalue weighted by Gasteiger charge is 2.00. The van der Waals surface area contributed by atoms with Crippen molar-refractivity contribution in [2.24, 2.45) is 0 Å². The lowest BCUT2D eigenvalue weighted by atomic mass is 10.1. The van der Waals surface area contributed by atoms with E-state index in [0.717, 1.165) is 12.8 Å². The Balaban J connectivity index is 0. The van der Waals surface area contributed by atoms with Gasteiger partial charge < -0.3 is 4.74 Å². The molecule has 4 nitrogen and oxygen atoms in total. The number of hydrogen-bond donors (Lipinski definition) is 2. The highest BCUT2D eigenvalue weighted by molar-refractivity contribution is 5.69. The summed E-state index contributed by atoms with van der Waals surface area (Å²) in [4.78, 5) is 11.1. The highest BCUT2D eigenvalue weighted by atomic mass is 17.0. The molecule has 24 heavy (non-hydrogen) atoms. The van der Waals surface area contributed by atoms with Crippen molar-refractivity contribution in [1.29, 1.82) is 0 Å². The first-order valence-electron chi connectivity index (χ1n) is 9.81. The molecule has 0 fully saturated rings. The Hall–Kier alpha value is -0.870. The minimum absolute atomic E-state index is 0.0415. The molecule has 0 radical (unpaired) electrons. The molecule has 0 saturated carbocycles. The van der Waals surface area contributed by atoms with E-state index in [9.17, 15) is 4.79 Å². The largest absolute Gasteiger partial charge is 0.466 e. The number of esters is 1. The Morgan fingerprint density at radius 2 is 1.21 bits per heavy atom. The van der Waals surface area contributed by atoms with E-state index in [4.69, 9.17) is 15.3 Å². The molecule has 144 valence electrons. The third-order valence-electron chi connectivity index (χ3n) is 3.95. The number of unbranched alkanes of at least 4 members (excludes halogenated alkanes) is 11. The monoisotopic (exact) mass is 344 g/mol. The van der Waals surface area contributed by atoms with E-state index in [1.807, 2.05) is 6.92 Å². The second-order valence-corrected chi connectivity index (χ2v) is 6.14. The van der Waals surface area contributed by atoms with E-state index in [1.165, 1.54) is 70.6 Å². The van der Waals surface area contributed by atoms with Gasteiger partial charge in [-0.2, -0.15) is 0 Å². The fourth-order valence-corrected chi connectivity index (χ4v) is 2.57. The number of ether oxygens (including phenoxy) is 1. The fraction of sp³-hybridized carbons (Fsp3) is 0.850. The highest BCUT2D eigenvalue weighted by Crippen LogP contribution is 2.10. The van der Waals surface area contributed by atoms with Crippen LogP contribution in [-0.4, -0.2) is 23.1 Å². The topological polar surface area (TPSA) is 66.8 Å². The van der Waals surface area contributed by atoms with Crippen molar-refractivity contribution in [3.8, 4) is 0 Å². The summed E-state index contributed by atoms with van der Waals surface area (Å²) in [5.41, 5.74) is 0. The van der Waals surface area contributed by atoms with E-state index in [0.29, 0.717) is 13.0 Å². The molecule has 0 saturated heterocycles. The zero-order valence-electron chi connectivity index (χ0n) is 16.0. The van der Waals surface area contributed by atoms with Crippen LogP contribution in [0.5, 0.6) is 0 Å². The second kappa shape index (κ2) is 24.4. The van der Waals surface area contributed by atoms with Crippen LogP contribution in [0.2, 0.25) is 0 Å². The molecule has 0 heterocycles. The van der Waals surface area contributed by atoms with Crippen LogP contribution < -0.4 is 0 Å². The van der Waals surface area contributed by atoms with Crippen LogP contribution >= 0.6 is 0 Å². The number of rotatable bonds is 16. The van der Waals surface area contributed by atoms with Crippen molar-refractivity contribution in [2.75, 3.05) is 6.61 Å². The maximum absolute atomic E-state index is 11.1. The minimum atomic E-state index is -0.0415. The van der Waals surface area contributed by atoms with Crippen molar-refractivity contribution in [1.82, 2.24) is 0 Å².